The first-order valence-electron chi connectivity index (χ1n) is 6.08. The lowest BCUT2D eigenvalue weighted by molar-refractivity contribution is 0.935. The lowest BCUT2D eigenvalue weighted by atomic mass is 10.1. The average molecular weight is 240 g/mol. The minimum Gasteiger partial charge on any atom is -0.350 e. The molecule has 0 atom stereocenters. The summed E-state index contributed by atoms with van der Waals surface area (Å²) in [6.07, 6.45) is 4.68. The van der Waals surface area contributed by atoms with Crippen LogP contribution < -0.4 is 5.73 Å². The molecule has 0 radical (unpaired) electrons. The highest BCUT2D eigenvalue weighted by Crippen LogP contribution is 2.30. The molecule has 2 heterocycles. The van der Waals surface area contributed by atoms with Crippen molar-refractivity contribution in [3.05, 3.63) is 42.5 Å². The molecule has 0 saturated carbocycles. The maximum absolute atomic E-state index is 5.63. The number of H-pyrrole nitrogens is 1. The highest BCUT2D eigenvalue weighted by Gasteiger charge is 2.13. The number of aromatic nitrogens is 3. The van der Waals surface area contributed by atoms with Crippen LogP contribution in [0.5, 0.6) is 0 Å². The monoisotopic (exact) mass is 240 g/mol. The van der Waals surface area contributed by atoms with E-state index in [1.165, 1.54) is 10.9 Å². The molecule has 2 aromatic heterocycles. The van der Waals surface area contributed by atoms with Crippen LogP contribution in [-0.4, -0.2) is 21.1 Å². The maximum Gasteiger partial charge on any atom is 0.0934 e. The summed E-state index contributed by atoms with van der Waals surface area (Å²) in [7, 11) is 2.06. The number of para-hydroxylation sites is 1. The molecule has 3 rings (SSSR count). The van der Waals surface area contributed by atoms with Crippen LogP contribution in [-0.2, 0) is 13.5 Å². The average Bonchev–Trinajstić information content (AvgIpc) is 2.96. The minimum atomic E-state index is 0.625. The van der Waals surface area contributed by atoms with Crippen molar-refractivity contribution in [3.63, 3.8) is 0 Å². The summed E-state index contributed by atoms with van der Waals surface area (Å²) in [6.45, 7) is 0.625. The summed E-state index contributed by atoms with van der Waals surface area (Å²) in [5.74, 6) is 0. The molecule has 18 heavy (non-hydrogen) atoms. The van der Waals surface area contributed by atoms with Gasteiger partial charge in [0.15, 0.2) is 0 Å². The molecule has 0 spiro atoms. The topological polar surface area (TPSA) is 59.6 Å². The Morgan fingerprint density at radius 3 is 3.00 bits per heavy atom. The molecule has 0 aliphatic carbocycles. The number of rotatable bonds is 3. The van der Waals surface area contributed by atoms with Crippen LogP contribution in [0.1, 0.15) is 5.69 Å². The van der Waals surface area contributed by atoms with E-state index in [9.17, 15) is 0 Å². The Morgan fingerprint density at radius 1 is 1.33 bits per heavy atom. The number of aromatic amines is 1. The number of benzene rings is 1. The van der Waals surface area contributed by atoms with Gasteiger partial charge < -0.3 is 15.3 Å². The van der Waals surface area contributed by atoms with Crippen molar-refractivity contribution in [1.29, 1.82) is 0 Å². The van der Waals surface area contributed by atoms with Gasteiger partial charge in [0.25, 0.3) is 0 Å². The second-order valence-corrected chi connectivity index (χ2v) is 4.44. The molecule has 0 bridgehead atoms. The molecule has 3 N–H and O–H groups in total. The fourth-order valence-electron chi connectivity index (χ4n) is 2.42. The van der Waals surface area contributed by atoms with Gasteiger partial charge in [-0.25, -0.2) is 4.98 Å². The number of nitrogens with zero attached hydrogens (tertiary/aromatic N) is 2. The van der Waals surface area contributed by atoms with Crippen molar-refractivity contribution in [2.45, 2.75) is 6.42 Å². The Bertz CT molecular complexity index is 678. The third-order valence-electron chi connectivity index (χ3n) is 3.26. The van der Waals surface area contributed by atoms with Crippen molar-refractivity contribution < 1.29 is 0 Å². The van der Waals surface area contributed by atoms with E-state index in [2.05, 4.69) is 52.0 Å². The van der Waals surface area contributed by atoms with Gasteiger partial charge in [-0.1, -0.05) is 18.2 Å². The van der Waals surface area contributed by atoms with Gasteiger partial charge in [0.1, 0.15) is 0 Å². The van der Waals surface area contributed by atoms with Crippen molar-refractivity contribution in [1.82, 2.24) is 14.5 Å². The molecule has 0 unspecified atom stereocenters. The van der Waals surface area contributed by atoms with E-state index in [1.807, 2.05) is 0 Å². The van der Waals surface area contributed by atoms with Crippen LogP contribution in [0.4, 0.5) is 0 Å². The predicted molar refractivity (Wildman–Crippen MR) is 73.3 cm³/mol. The van der Waals surface area contributed by atoms with Crippen molar-refractivity contribution >= 4 is 10.9 Å². The molecule has 4 nitrogen and oxygen atoms in total. The van der Waals surface area contributed by atoms with E-state index >= 15 is 0 Å². The molecule has 0 amide bonds. The van der Waals surface area contributed by atoms with Gasteiger partial charge in [-0.3, -0.25) is 0 Å². The number of nitrogens with two attached hydrogens (primary N) is 1. The van der Waals surface area contributed by atoms with E-state index in [1.54, 1.807) is 6.33 Å². The van der Waals surface area contributed by atoms with Gasteiger partial charge in [0.05, 0.1) is 12.0 Å². The highest BCUT2D eigenvalue weighted by molar-refractivity contribution is 5.95. The molecular formula is C14H16N4. The molecule has 4 heteroatoms. The number of fused-ring (bicyclic) bond motifs is 1. The SMILES string of the molecule is Cn1cc(-c2nc[nH]c2CCN)c2ccccc21. The molecular weight excluding hydrogens is 224 g/mol. The summed E-state index contributed by atoms with van der Waals surface area (Å²) in [5.41, 5.74) is 10.1. The molecule has 0 saturated heterocycles. The number of imidazole rings is 1. The largest absolute Gasteiger partial charge is 0.350 e. The van der Waals surface area contributed by atoms with Crippen LogP contribution in [0.15, 0.2) is 36.8 Å². The zero-order chi connectivity index (χ0) is 12.5. The van der Waals surface area contributed by atoms with Gasteiger partial charge >= 0.3 is 0 Å². The Morgan fingerprint density at radius 2 is 2.17 bits per heavy atom. The third-order valence-corrected chi connectivity index (χ3v) is 3.26. The Hall–Kier alpha value is -2.07. The fourth-order valence-corrected chi connectivity index (χ4v) is 2.42. The summed E-state index contributed by atoms with van der Waals surface area (Å²) in [5, 5.41) is 1.23. The number of hydrogen-bond acceptors (Lipinski definition) is 2. The summed E-state index contributed by atoms with van der Waals surface area (Å²) in [6, 6.07) is 8.36. The molecule has 92 valence electrons. The fraction of sp³-hybridized carbons (Fsp3) is 0.214. The molecule has 1 aromatic carbocycles. The second-order valence-electron chi connectivity index (χ2n) is 4.44. The number of nitrogens with one attached hydrogen (secondary N) is 1. The first-order chi connectivity index (χ1) is 8.81. The quantitative estimate of drug-likeness (QED) is 0.736. The predicted octanol–water partition coefficient (Wildman–Crippen LogP) is 2.07. The maximum atomic E-state index is 5.63. The van der Waals surface area contributed by atoms with E-state index in [0.717, 1.165) is 23.4 Å². The Labute approximate surface area is 105 Å². The molecule has 3 aromatic rings. The van der Waals surface area contributed by atoms with E-state index in [4.69, 9.17) is 5.73 Å². The van der Waals surface area contributed by atoms with Crippen LogP contribution in [0, 0.1) is 0 Å². The lowest BCUT2D eigenvalue weighted by Gasteiger charge is -1.99. The summed E-state index contributed by atoms with van der Waals surface area (Å²) >= 11 is 0. The van der Waals surface area contributed by atoms with Crippen LogP contribution in [0.2, 0.25) is 0 Å². The number of hydrogen-bond donors (Lipinski definition) is 2. The number of aryl methyl sites for hydroxylation is 1. The first kappa shape index (κ1) is 11.0. The summed E-state index contributed by atoms with van der Waals surface area (Å²) in [4.78, 5) is 7.62. The Kier molecular flexibility index (Phi) is 2.64. The van der Waals surface area contributed by atoms with Crippen LogP contribution in [0.3, 0.4) is 0 Å². The standard InChI is InChI=1S/C14H16N4/c1-18-8-11(10-4-2-3-5-13(10)18)14-12(6-7-15)16-9-17-14/h2-5,8-9H,6-7,15H2,1H3,(H,16,17). The smallest absolute Gasteiger partial charge is 0.0934 e. The zero-order valence-electron chi connectivity index (χ0n) is 10.4. The zero-order valence-corrected chi connectivity index (χ0v) is 10.4. The normalized spacial score (nSPS) is 11.2. The van der Waals surface area contributed by atoms with Gasteiger partial charge in [-0.2, -0.15) is 0 Å². The van der Waals surface area contributed by atoms with Crippen LogP contribution >= 0.6 is 0 Å². The second kappa shape index (κ2) is 4.31. The van der Waals surface area contributed by atoms with Gasteiger partial charge in [-0.15, -0.1) is 0 Å². The Balaban J connectivity index is 2.22. The van der Waals surface area contributed by atoms with E-state index in [-0.39, 0.29) is 0 Å². The van der Waals surface area contributed by atoms with Crippen LogP contribution in [0.25, 0.3) is 22.2 Å². The van der Waals surface area contributed by atoms with Gasteiger partial charge in [-0.05, 0) is 12.6 Å². The minimum absolute atomic E-state index is 0.625. The van der Waals surface area contributed by atoms with Crippen molar-refractivity contribution in [3.8, 4) is 11.3 Å². The first-order valence-corrected chi connectivity index (χ1v) is 6.08. The van der Waals surface area contributed by atoms with Crippen molar-refractivity contribution in [2.75, 3.05) is 6.54 Å². The molecule has 0 aliphatic rings. The molecule has 0 fully saturated rings. The van der Waals surface area contributed by atoms with E-state index < -0.39 is 0 Å². The summed E-state index contributed by atoms with van der Waals surface area (Å²) < 4.78 is 2.13. The van der Waals surface area contributed by atoms with Crippen molar-refractivity contribution in [2.24, 2.45) is 12.8 Å². The molecule has 0 aliphatic heterocycles. The highest BCUT2D eigenvalue weighted by atomic mass is 14.9. The van der Waals surface area contributed by atoms with Gasteiger partial charge in [0, 0.05) is 41.8 Å². The van der Waals surface area contributed by atoms with Gasteiger partial charge in [0.2, 0.25) is 0 Å². The van der Waals surface area contributed by atoms with E-state index in [0.29, 0.717) is 6.54 Å². The lowest BCUT2D eigenvalue weighted by Crippen LogP contribution is -2.03. The third kappa shape index (κ3) is 1.62.